The first kappa shape index (κ1) is 20.1. The first-order valence-corrected chi connectivity index (χ1v) is 8.95. The summed E-state index contributed by atoms with van der Waals surface area (Å²) in [7, 11) is 1.54. The highest BCUT2D eigenvalue weighted by molar-refractivity contribution is 6.00. The van der Waals surface area contributed by atoms with Crippen molar-refractivity contribution < 1.29 is 23.8 Å². The lowest BCUT2D eigenvalue weighted by molar-refractivity contribution is 0.0503. The summed E-state index contributed by atoms with van der Waals surface area (Å²) in [5.41, 5.74) is 0.836. The lowest BCUT2D eigenvalue weighted by Crippen LogP contribution is -2.38. The zero-order valence-corrected chi connectivity index (χ0v) is 16.5. The van der Waals surface area contributed by atoms with Gasteiger partial charge < -0.3 is 19.5 Å². The molecule has 1 aromatic rings. The maximum atomic E-state index is 12.1. The monoisotopic (exact) mass is 363 g/mol. The second kappa shape index (κ2) is 7.98. The molecular formula is C20H29NO5. The number of carbonyl (C=O) groups is 2. The van der Waals surface area contributed by atoms with Gasteiger partial charge in [-0.3, -0.25) is 4.79 Å². The Hall–Kier alpha value is -2.24. The molecule has 1 amide bonds. The zero-order chi connectivity index (χ0) is 19.5. The van der Waals surface area contributed by atoms with Gasteiger partial charge in [-0.1, -0.05) is 6.07 Å². The lowest BCUT2D eigenvalue weighted by Gasteiger charge is -2.22. The molecule has 0 heterocycles. The number of alkyl carbamates (subject to hydrolysis) is 1. The normalized spacial score (nSPS) is 19.8. The van der Waals surface area contributed by atoms with Crippen molar-refractivity contribution in [2.75, 3.05) is 7.11 Å². The molecule has 26 heavy (non-hydrogen) atoms. The minimum atomic E-state index is -0.521. The number of hydrogen-bond acceptors (Lipinski definition) is 5. The van der Waals surface area contributed by atoms with E-state index < -0.39 is 11.7 Å². The fourth-order valence-corrected chi connectivity index (χ4v) is 3.14. The standard InChI is InChI=1S/C20H29NO5/c1-12-7-10-16(24-6)17(13(2)22)18(12)25-15-9-8-14(11-15)21-19(23)26-20(3,4)5/h7,10,14-15H,8-9,11H2,1-6H3,(H,21,23)/t14-,15+/m0/s1. The van der Waals surface area contributed by atoms with Crippen molar-refractivity contribution >= 4 is 11.9 Å². The maximum absolute atomic E-state index is 12.1. The van der Waals surface area contributed by atoms with Crippen LogP contribution in [0, 0.1) is 6.92 Å². The van der Waals surface area contributed by atoms with E-state index in [-0.39, 0.29) is 17.9 Å². The van der Waals surface area contributed by atoms with Gasteiger partial charge in [0.15, 0.2) is 5.78 Å². The van der Waals surface area contributed by atoms with E-state index in [0.717, 1.165) is 18.4 Å². The molecule has 1 fully saturated rings. The van der Waals surface area contributed by atoms with E-state index in [4.69, 9.17) is 14.2 Å². The van der Waals surface area contributed by atoms with Crippen LogP contribution in [-0.4, -0.2) is 36.7 Å². The Morgan fingerprint density at radius 3 is 2.46 bits per heavy atom. The number of benzene rings is 1. The molecule has 6 heteroatoms. The van der Waals surface area contributed by atoms with Crippen LogP contribution in [0.2, 0.25) is 0 Å². The Morgan fingerprint density at radius 2 is 1.88 bits per heavy atom. The van der Waals surface area contributed by atoms with Crippen LogP contribution in [0.15, 0.2) is 12.1 Å². The number of amides is 1. The van der Waals surface area contributed by atoms with Crippen LogP contribution in [0.5, 0.6) is 11.5 Å². The lowest BCUT2D eigenvalue weighted by atomic mass is 10.0. The molecule has 6 nitrogen and oxygen atoms in total. The summed E-state index contributed by atoms with van der Waals surface area (Å²) in [6.45, 7) is 8.92. The van der Waals surface area contributed by atoms with Gasteiger partial charge in [0, 0.05) is 12.5 Å². The van der Waals surface area contributed by atoms with Gasteiger partial charge in [0.1, 0.15) is 28.8 Å². The van der Waals surface area contributed by atoms with Crippen molar-refractivity contribution in [1.82, 2.24) is 5.32 Å². The van der Waals surface area contributed by atoms with Gasteiger partial charge >= 0.3 is 6.09 Å². The van der Waals surface area contributed by atoms with E-state index in [0.29, 0.717) is 23.5 Å². The molecule has 1 aliphatic rings. The topological polar surface area (TPSA) is 73.9 Å². The molecular weight excluding hydrogens is 334 g/mol. The first-order chi connectivity index (χ1) is 12.1. The maximum Gasteiger partial charge on any atom is 0.407 e. The molecule has 0 saturated heterocycles. The number of rotatable bonds is 5. The zero-order valence-electron chi connectivity index (χ0n) is 16.5. The Kier molecular flexibility index (Phi) is 6.16. The third kappa shape index (κ3) is 5.13. The van der Waals surface area contributed by atoms with E-state index in [9.17, 15) is 9.59 Å². The number of nitrogens with one attached hydrogen (secondary N) is 1. The number of carbonyl (C=O) groups excluding carboxylic acids is 2. The van der Waals surface area contributed by atoms with Gasteiger partial charge in [0.2, 0.25) is 0 Å². The number of Topliss-reactive ketones (excluding diaryl/α,β-unsaturated/α-hetero) is 1. The molecule has 144 valence electrons. The summed E-state index contributed by atoms with van der Waals surface area (Å²) < 4.78 is 16.8. The average molecular weight is 363 g/mol. The van der Waals surface area contributed by atoms with Crippen molar-refractivity contribution in [1.29, 1.82) is 0 Å². The van der Waals surface area contributed by atoms with Crippen molar-refractivity contribution in [2.24, 2.45) is 0 Å². The largest absolute Gasteiger partial charge is 0.496 e. The summed E-state index contributed by atoms with van der Waals surface area (Å²) in [5.74, 6) is 0.987. The van der Waals surface area contributed by atoms with Crippen molar-refractivity contribution in [3.63, 3.8) is 0 Å². The predicted octanol–water partition coefficient (Wildman–Crippen LogP) is 4.03. The molecule has 2 atom stereocenters. The second-order valence-electron chi connectivity index (χ2n) is 7.74. The van der Waals surface area contributed by atoms with Gasteiger partial charge in [-0.05, 0) is 59.1 Å². The molecule has 1 aliphatic carbocycles. The van der Waals surface area contributed by atoms with Crippen molar-refractivity contribution in [2.45, 2.75) is 71.6 Å². The van der Waals surface area contributed by atoms with E-state index in [1.807, 2.05) is 33.8 Å². The summed E-state index contributed by atoms with van der Waals surface area (Å²) in [4.78, 5) is 24.0. The van der Waals surface area contributed by atoms with Crippen LogP contribution >= 0.6 is 0 Å². The number of hydrogen-bond donors (Lipinski definition) is 1. The Balaban J connectivity index is 2.05. The SMILES string of the molecule is COc1ccc(C)c(O[C@@H]2CC[C@H](NC(=O)OC(C)(C)C)C2)c1C(C)=O. The number of methoxy groups -OCH3 is 1. The van der Waals surface area contributed by atoms with Gasteiger partial charge in [0.05, 0.1) is 7.11 Å². The predicted molar refractivity (Wildman–Crippen MR) is 99.2 cm³/mol. The quantitative estimate of drug-likeness (QED) is 0.800. The van der Waals surface area contributed by atoms with Crippen LogP contribution in [0.3, 0.4) is 0 Å². The summed E-state index contributed by atoms with van der Waals surface area (Å²) >= 11 is 0. The van der Waals surface area contributed by atoms with Gasteiger partial charge in [0.25, 0.3) is 0 Å². The number of ether oxygens (including phenoxy) is 3. The third-order valence-corrected chi connectivity index (χ3v) is 4.28. The molecule has 0 spiro atoms. The molecule has 0 aromatic heterocycles. The van der Waals surface area contributed by atoms with Crippen molar-refractivity contribution in [3.8, 4) is 11.5 Å². The van der Waals surface area contributed by atoms with Gasteiger partial charge in [-0.15, -0.1) is 0 Å². The molecule has 2 rings (SSSR count). The van der Waals surface area contributed by atoms with Crippen molar-refractivity contribution in [3.05, 3.63) is 23.3 Å². The molecule has 1 aromatic carbocycles. The summed E-state index contributed by atoms with van der Waals surface area (Å²) in [6, 6.07) is 3.66. The average Bonchev–Trinajstić information content (AvgIpc) is 2.93. The van der Waals surface area contributed by atoms with Crippen LogP contribution in [0.4, 0.5) is 4.79 Å². The van der Waals surface area contributed by atoms with Gasteiger partial charge in [-0.25, -0.2) is 4.79 Å². The number of aryl methyl sites for hydroxylation is 1. The Morgan fingerprint density at radius 1 is 1.19 bits per heavy atom. The highest BCUT2D eigenvalue weighted by Crippen LogP contribution is 2.35. The van der Waals surface area contributed by atoms with Gasteiger partial charge in [-0.2, -0.15) is 0 Å². The highest BCUT2D eigenvalue weighted by Gasteiger charge is 2.30. The van der Waals surface area contributed by atoms with E-state index >= 15 is 0 Å². The Labute approximate surface area is 155 Å². The molecule has 0 aliphatic heterocycles. The minimum Gasteiger partial charge on any atom is -0.496 e. The molecule has 0 radical (unpaired) electrons. The van der Waals surface area contributed by atoms with Crippen LogP contribution in [0.1, 0.15) is 62.9 Å². The van der Waals surface area contributed by atoms with E-state index in [1.54, 1.807) is 6.07 Å². The Bertz CT molecular complexity index is 678. The van der Waals surface area contributed by atoms with E-state index in [2.05, 4.69) is 5.32 Å². The molecule has 1 N–H and O–H groups in total. The summed E-state index contributed by atoms with van der Waals surface area (Å²) in [5, 5.41) is 2.89. The number of ketones is 1. The van der Waals surface area contributed by atoms with Crippen LogP contribution < -0.4 is 14.8 Å². The van der Waals surface area contributed by atoms with Crippen LogP contribution in [-0.2, 0) is 4.74 Å². The smallest absolute Gasteiger partial charge is 0.407 e. The minimum absolute atomic E-state index is 0.00143. The molecule has 1 saturated carbocycles. The van der Waals surface area contributed by atoms with Crippen LogP contribution in [0.25, 0.3) is 0 Å². The van der Waals surface area contributed by atoms with E-state index in [1.165, 1.54) is 14.0 Å². The highest BCUT2D eigenvalue weighted by atomic mass is 16.6. The fraction of sp³-hybridized carbons (Fsp3) is 0.600. The second-order valence-corrected chi connectivity index (χ2v) is 7.74. The summed E-state index contributed by atoms with van der Waals surface area (Å²) in [6.07, 6.45) is 1.80. The first-order valence-electron chi connectivity index (χ1n) is 8.95. The molecule has 0 unspecified atom stereocenters. The molecule has 0 bridgehead atoms. The third-order valence-electron chi connectivity index (χ3n) is 4.28. The fourth-order valence-electron chi connectivity index (χ4n) is 3.14.